The van der Waals surface area contributed by atoms with Gasteiger partial charge in [-0.3, -0.25) is 0 Å². The third-order valence-electron chi connectivity index (χ3n) is 2.31. The Morgan fingerprint density at radius 1 is 1.23 bits per heavy atom. The second-order valence-electron chi connectivity index (χ2n) is 4.95. The van der Waals surface area contributed by atoms with Crippen LogP contribution in [0.25, 0.3) is 0 Å². The average molecular weight is 179 g/mol. The Kier molecular flexibility index (Phi) is 3.81. The zero-order chi connectivity index (χ0) is 9.73. The third-order valence-corrected chi connectivity index (χ3v) is 2.31. The molecule has 1 aliphatic rings. The van der Waals surface area contributed by atoms with Crippen molar-refractivity contribution in [2.45, 2.75) is 40.0 Å². The molecule has 74 valence electrons. The van der Waals surface area contributed by atoms with Gasteiger partial charge in [-0.05, 0) is 52.6 Å². The monoisotopic (exact) mass is 179 g/mol. The van der Waals surface area contributed by atoms with Crippen molar-refractivity contribution in [3.8, 4) is 11.8 Å². The van der Waals surface area contributed by atoms with Gasteiger partial charge in [0, 0.05) is 11.8 Å². The summed E-state index contributed by atoms with van der Waals surface area (Å²) >= 11 is 0. The molecule has 0 amide bonds. The molecule has 0 aromatic carbocycles. The molecule has 0 unspecified atom stereocenters. The lowest BCUT2D eigenvalue weighted by Gasteiger charge is -2.20. The number of piperidine rings is 1. The number of hydrogen-bond acceptors (Lipinski definition) is 1. The van der Waals surface area contributed by atoms with E-state index in [2.05, 4.69) is 37.9 Å². The van der Waals surface area contributed by atoms with E-state index in [4.69, 9.17) is 0 Å². The first-order valence-electron chi connectivity index (χ1n) is 5.29. The predicted octanol–water partition coefficient (Wildman–Crippen LogP) is 2.43. The van der Waals surface area contributed by atoms with Gasteiger partial charge in [-0.2, -0.15) is 0 Å². The zero-order valence-electron chi connectivity index (χ0n) is 9.11. The molecule has 1 nitrogen and oxygen atoms in total. The SMILES string of the molecule is CC(C)(C)C#CCC1CCNCC1. The minimum absolute atomic E-state index is 0.174. The van der Waals surface area contributed by atoms with Gasteiger partial charge < -0.3 is 5.32 Å². The van der Waals surface area contributed by atoms with Crippen LogP contribution in [0.5, 0.6) is 0 Å². The summed E-state index contributed by atoms with van der Waals surface area (Å²) < 4.78 is 0. The Morgan fingerprint density at radius 2 is 1.85 bits per heavy atom. The van der Waals surface area contributed by atoms with Crippen LogP contribution in [-0.4, -0.2) is 13.1 Å². The number of nitrogens with one attached hydrogen (secondary N) is 1. The summed E-state index contributed by atoms with van der Waals surface area (Å²) in [5.41, 5.74) is 0.174. The normalized spacial score (nSPS) is 19.3. The molecule has 1 aliphatic heterocycles. The van der Waals surface area contributed by atoms with Gasteiger partial charge in [-0.15, -0.1) is 5.92 Å². The number of rotatable bonds is 1. The lowest BCUT2D eigenvalue weighted by Crippen LogP contribution is -2.27. The van der Waals surface area contributed by atoms with E-state index in [0.717, 1.165) is 12.3 Å². The maximum atomic E-state index is 3.37. The fraction of sp³-hybridized carbons (Fsp3) is 0.833. The van der Waals surface area contributed by atoms with Crippen LogP contribution in [0.15, 0.2) is 0 Å². The highest BCUT2D eigenvalue weighted by molar-refractivity contribution is 5.07. The molecule has 1 heterocycles. The predicted molar refractivity (Wildman–Crippen MR) is 57.4 cm³/mol. The van der Waals surface area contributed by atoms with Gasteiger partial charge in [0.1, 0.15) is 0 Å². The molecule has 0 spiro atoms. The highest BCUT2D eigenvalue weighted by atomic mass is 14.9. The molecular weight excluding hydrogens is 158 g/mol. The molecule has 13 heavy (non-hydrogen) atoms. The van der Waals surface area contributed by atoms with E-state index in [1.807, 2.05) is 0 Å². The Hall–Kier alpha value is -0.480. The molecule has 0 radical (unpaired) electrons. The first kappa shape index (κ1) is 10.6. The summed E-state index contributed by atoms with van der Waals surface area (Å²) in [5, 5.41) is 3.37. The first-order chi connectivity index (χ1) is 6.08. The second-order valence-corrected chi connectivity index (χ2v) is 4.95. The summed E-state index contributed by atoms with van der Waals surface area (Å²) in [4.78, 5) is 0. The van der Waals surface area contributed by atoms with Crippen LogP contribution < -0.4 is 5.32 Å². The van der Waals surface area contributed by atoms with E-state index in [1.165, 1.54) is 25.9 Å². The van der Waals surface area contributed by atoms with Crippen molar-refractivity contribution in [3.63, 3.8) is 0 Å². The number of hydrogen-bond donors (Lipinski definition) is 1. The summed E-state index contributed by atoms with van der Waals surface area (Å²) in [6.07, 6.45) is 3.70. The summed E-state index contributed by atoms with van der Waals surface area (Å²) in [6, 6.07) is 0. The standard InChI is InChI=1S/C12H21N/c1-12(2,3)8-4-5-11-6-9-13-10-7-11/h11,13H,5-7,9-10H2,1-3H3. The molecule has 0 bridgehead atoms. The second kappa shape index (κ2) is 4.67. The topological polar surface area (TPSA) is 12.0 Å². The molecule has 0 atom stereocenters. The quantitative estimate of drug-likeness (QED) is 0.610. The minimum Gasteiger partial charge on any atom is -0.317 e. The Morgan fingerprint density at radius 3 is 2.38 bits per heavy atom. The van der Waals surface area contributed by atoms with E-state index in [9.17, 15) is 0 Å². The van der Waals surface area contributed by atoms with Gasteiger partial charge in [-0.1, -0.05) is 5.92 Å². The van der Waals surface area contributed by atoms with Gasteiger partial charge in [0.25, 0.3) is 0 Å². The fourth-order valence-electron chi connectivity index (χ4n) is 1.55. The zero-order valence-corrected chi connectivity index (χ0v) is 9.11. The molecule has 1 heteroatoms. The van der Waals surface area contributed by atoms with E-state index < -0.39 is 0 Å². The molecule has 0 saturated carbocycles. The summed E-state index contributed by atoms with van der Waals surface area (Å²) in [7, 11) is 0. The summed E-state index contributed by atoms with van der Waals surface area (Å²) in [6.45, 7) is 8.87. The molecule has 1 saturated heterocycles. The Balaban J connectivity index is 2.27. The van der Waals surface area contributed by atoms with Gasteiger partial charge in [-0.25, -0.2) is 0 Å². The fourth-order valence-corrected chi connectivity index (χ4v) is 1.55. The van der Waals surface area contributed by atoms with Crippen molar-refractivity contribution in [1.82, 2.24) is 5.32 Å². The lowest BCUT2D eigenvalue weighted by molar-refractivity contribution is 0.381. The van der Waals surface area contributed by atoms with Crippen molar-refractivity contribution in [2.24, 2.45) is 11.3 Å². The van der Waals surface area contributed by atoms with Crippen molar-refractivity contribution in [2.75, 3.05) is 13.1 Å². The molecular formula is C12H21N. The van der Waals surface area contributed by atoms with Crippen LogP contribution in [-0.2, 0) is 0 Å². The lowest BCUT2D eigenvalue weighted by atomic mass is 9.93. The Bertz CT molecular complexity index is 195. The summed E-state index contributed by atoms with van der Waals surface area (Å²) in [5.74, 6) is 7.46. The molecule has 0 aromatic rings. The van der Waals surface area contributed by atoms with Gasteiger partial charge in [0.15, 0.2) is 0 Å². The van der Waals surface area contributed by atoms with Crippen LogP contribution in [0.1, 0.15) is 40.0 Å². The van der Waals surface area contributed by atoms with Crippen LogP contribution in [0.3, 0.4) is 0 Å². The maximum Gasteiger partial charge on any atom is 0.0230 e. The van der Waals surface area contributed by atoms with E-state index in [0.29, 0.717) is 0 Å². The minimum atomic E-state index is 0.174. The smallest absolute Gasteiger partial charge is 0.0230 e. The van der Waals surface area contributed by atoms with E-state index in [-0.39, 0.29) is 5.41 Å². The van der Waals surface area contributed by atoms with Crippen molar-refractivity contribution in [3.05, 3.63) is 0 Å². The van der Waals surface area contributed by atoms with Gasteiger partial charge in [0.2, 0.25) is 0 Å². The molecule has 0 aromatic heterocycles. The van der Waals surface area contributed by atoms with E-state index >= 15 is 0 Å². The highest BCUT2D eigenvalue weighted by Crippen LogP contribution is 2.16. The third kappa shape index (κ3) is 4.95. The molecule has 1 rings (SSSR count). The van der Waals surface area contributed by atoms with Gasteiger partial charge >= 0.3 is 0 Å². The maximum absolute atomic E-state index is 3.37. The molecule has 1 fully saturated rings. The Labute approximate surface area is 82.3 Å². The highest BCUT2D eigenvalue weighted by Gasteiger charge is 2.11. The average Bonchev–Trinajstić information content (AvgIpc) is 2.04. The van der Waals surface area contributed by atoms with Crippen LogP contribution >= 0.6 is 0 Å². The van der Waals surface area contributed by atoms with Crippen molar-refractivity contribution < 1.29 is 0 Å². The van der Waals surface area contributed by atoms with E-state index in [1.54, 1.807) is 0 Å². The van der Waals surface area contributed by atoms with Crippen LogP contribution in [0.2, 0.25) is 0 Å². The van der Waals surface area contributed by atoms with Crippen LogP contribution in [0, 0.1) is 23.2 Å². The largest absolute Gasteiger partial charge is 0.317 e. The van der Waals surface area contributed by atoms with Crippen molar-refractivity contribution in [1.29, 1.82) is 0 Å². The van der Waals surface area contributed by atoms with Crippen LogP contribution in [0.4, 0.5) is 0 Å². The molecule has 1 N–H and O–H groups in total. The van der Waals surface area contributed by atoms with Crippen molar-refractivity contribution >= 4 is 0 Å². The van der Waals surface area contributed by atoms with Gasteiger partial charge in [0.05, 0.1) is 0 Å². The first-order valence-corrected chi connectivity index (χ1v) is 5.29. The molecule has 0 aliphatic carbocycles.